The van der Waals surface area contributed by atoms with Gasteiger partial charge in [0.1, 0.15) is 17.4 Å². The van der Waals surface area contributed by atoms with Gasteiger partial charge in [-0.15, -0.1) is 0 Å². The molecule has 3 rings (SSSR count). The molecule has 0 saturated carbocycles. The molecular weight excluding hydrogens is 358 g/mol. The first-order valence-corrected chi connectivity index (χ1v) is 9.00. The Hall–Kier alpha value is -3.33. The molecule has 0 aliphatic rings. The fourth-order valence-electron chi connectivity index (χ4n) is 2.69. The van der Waals surface area contributed by atoms with Gasteiger partial charge >= 0.3 is 0 Å². The van der Waals surface area contributed by atoms with Gasteiger partial charge in [0, 0.05) is 24.7 Å². The first-order chi connectivity index (χ1) is 13.5. The molecule has 2 heterocycles. The highest BCUT2D eigenvalue weighted by Crippen LogP contribution is 2.22. The number of aromatic nitrogens is 4. The van der Waals surface area contributed by atoms with Crippen molar-refractivity contribution >= 4 is 34.4 Å². The molecule has 1 unspecified atom stereocenters. The topological polar surface area (TPSA) is 125 Å². The Morgan fingerprint density at radius 2 is 2.11 bits per heavy atom. The van der Waals surface area contributed by atoms with Crippen molar-refractivity contribution in [1.82, 2.24) is 25.3 Å². The molecule has 0 aliphatic carbocycles. The fourth-order valence-corrected chi connectivity index (χ4v) is 2.69. The highest BCUT2D eigenvalue weighted by Gasteiger charge is 2.12. The number of nitrogens with one attached hydrogen (secondary N) is 3. The smallest absolute Gasteiger partial charge is 0.223 e. The first-order valence-electron chi connectivity index (χ1n) is 9.00. The molecule has 0 fully saturated rings. The van der Waals surface area contributed by atoms with Crippen molar-refractivity contribution in [2.24, 2.45) is 0 Å². The zero-order chi connectivity index (χ0) is 19.9. The van der Waals surface area contributed by atoms with Gasteiger partial charge in [-0.1, -0.05) is 12.1 Å². The molecule has 146 valence electrons. The van der Waals surface area contributed by atoms with E-state index in [9.17, 15) is 4.79 Å². The minimum Gasteiger partial charge on any atom is -0.395 e. The quantitative estimate of drug-likeness (QED) is 0.465. The largest absolute Gasteiger partial charge is 0.395 e. The summed E-state index contributed by atoms with van der Waals surface area (Å²) in [4.78, 5) is 29.1. The van der Waals surface area contributed by atoms with E-state index in [0.29, 0.717) is 22.8 Å². The minimum atomic E-state index is -0.186. The number of carbonyl (C=O) groups excluding carboxylic acids is 1. The van der Waals surface area contributed by atoms with Crippen LogP contribution < -0.4 is 16.0 Å². The second-order valence-electron chi connectivity index (χ2n) is 6.47. The van der Waals surface area contributed by atoms with E-state index in [-0.39, 0.29) is 31.5 Å². The summed E-state index contributed by atoms with van der Waals surface area (Å²) in [6.45, 7) is 4.03. The van der Waals surface area contributed by atoms with Crippen molar-refractivity contribution < 1.29 is 9.90 Å². The number of hydrogen-bond donors (Lipinski definition) is 4. The van der Waals surface area contributed by atoms with Crippen LogP contribution in [0.25, 0.3) is 11.0 Å². The maximum absolute atomic E-state index is 11.8. The van der Waals surface area contributed by atoms with Gasteiger partial charge in [0.2, 0.25) is 11.9 Å². The number of rotatable bonds is 8. The van der Waals surface area contributed by atoms with Crippen molar-refractivity contribution in [2.75, 3.05) is 23.8 Å². The van der Waals surface area contributed by atoms with Crippen LogP contribution in [0, 0.1) is 6.92 Å². The number of aliphatic hydroxyl groups excluding tert-OH is 1. The lowest BCUT2D eigenvalue weighted by Gasteiger charge is -2.14. The molecule has 1 amide bonds. The Bertz CT molecular complexity index is 964. The second-order valence-corrected chi connectivity index (χ2v) is 6.47. The van der Waals surface area contributed by atoms with E-state index in [1.54, 1.807) is 6.20 Å². The van der Waals surface area contributed by atoms with Gasteiger partial charge in [0.25, 0.3) is 0 Å². The number of benzene rings is 1. The fraction of sp³-hybridized carbons (Fsp3) is 0.316. The lowest BCUT2D eigenvalue weighted by molar-refractivity contribution is -0.121. The summed E-state index contributed by atoms with van der Waals surface area (Å²) in [6.07, 6.45) is 3.32. The van der Waals surface area contributed by atoms with Crippen LogP contribution in [0.2, 0.25) is 0 Å². The first kappa shape index (κ1) is 19.4. The number of nitrogens with zero attached hydrogens (tertiary/aromatic N) is 4. The molecule has 28 heavy (non-hydrogen) atoms. The number of aliphatic hydroxyl groups is 1. The summed E-state index contributed by atoms with van der Waals surface area (Å²) in [5, 5.41) is 17.8. The Morgan fingerprint density at radius 3 is 2.89 bits per heavy atom. The van der Waals surface area contributed by atoms with Crippen molar-refractivity contribution in [2.45, 2.75) is 26.3 Å². The van der Waals surface area contributed by atoms with Gasteiger partial charge < -0.3 is 21.1 Å². The zero-order valence-corrected chi connectivity index (χ0v) is 15.8. The lowest BCUT2D eigenvalue weighted by Crippen LogP contribution is -2.31. The molecule has 0 bridgehead atoms. The maximum atomic E-state index is 11.8. The number of fused-ring (bicyclic) bond motifs is 1. The number of aryl methyl sites for hydroxylation is 1. The van der Waals surface area contributed by atoms with Gasteiger partial charge in [-0.25, -0.2) is 19.9 Å². The van der Waals surface area contributed by atoms with Gasteiger partial charge in [0.05, 0.1) is 12.8 Å². The van der Waals surface area contributed by atoms with Gasteiger partial charge in [0.15, 0.2) is 5.82 Å². The molecular formula is C19H23N7O2. The average molecular weight is 381 g/mol. The predicted octanol–water partition coefficient (Wildman–Crippen LogP) is 1.77. The third-order valence-electron chi connectivity index (χ3n) is 3.96. The van der Waals surface area contributed by atoms with Crippen LogP contribution in [0.1, 0.15) is 18.9 Å². The van der Waals surface area contributed by atoms with Gasteiger partial charge in [-0.2, -0.15) is 0 Å². The molecule has 3 aromatic rings. The molecule has 0 aliphatic heterocycles. The summed E-state index contributed by atoms with van der Waals surface area (Å²) in [6, 6.07) is 7.77. The predicted molar refractivity (Wildman–Crippen MR) is 107 cm³/mol. The van der Waals surface area contributed by atoms with E-state index < -0.39 is 0 Å². The Balaban J connectivity index is 1.77. The second kappa shape index (κ2) is 9.05. The molecule has 4 N–H and O–H groups in total. The summed E-state index contributed by atoms with van der Waals surface area (Å²) in [5.41, 5.74) is 3.23. The molecule has 0 saturated heterocycles. The Kier molecular flexibility index (Phi) is 6.28. The van der Waals surface area contributed by atoms with Crippen LogP contribution >= 0.6 is 0 Å². The van der Waals surface area contributed by atoms with E-state index in [0.717, 1.165) is 11.3 Å². The maximum Gasteiger partial charge on any atom is 0.223 e. The third-order valence-corrected chi connectivity index (χ3v) is 3.96. The third kappa shape index (κ3) is 5.10. The average Bonchev–Trinajstić information content (AvgIpc) is 2.67. The van der Waals surface area contributed by atoms with E-state index in [2.05, 4.69) is 35.9 Å². The number of amides is 1. The van der Waals surface area contributed by atoms with Gasteiger partial charge in [-0.05, 0) is 31.5 Å². The van der Waals surface area contributed by atoms with E-state index in [4.69, 9.17) is 5.11 Å². The molecule has 0 radical (unpaired) electrons. The standard InChI is InChI=1S/C19H23N7O2/c1-12-4-3-5-14(8-12)25-18-17-15(22-11-23-18)10-21-19(26-17)24-13(2)9-16(28)20-6-7-27/h3-5,8,10-11,13,27H,6-7,9H2,1-2H3,(H,20,28)(H,21,24,26)(H,22,23,25). The van der Waals surface area contributed by atoms with Crippen molar-refractivity contribution in [3.05, 3.63) is 42.4 Å². The van der Waals surface area contributed by atoms with E-state index in [1.807, 2.05) is 38.1 Å². The van der Waals surface area contributed by atoms with Crippen LogP contribution in [-0.2, 0) is 4.79 Å². The monoisotopic (exact) mass is 381 g/mol. The van der Waals surface area contributed by atoms with E-state index >= 15 is 0 Å². The minimum absolute atomic E-state index is 0.0853. The molecule has 9 nitrogen and oxygen atoms in total. The van der Waals surface area contributed by atoms with Crippen molar-refractivity contribution in [3.63, 3.8) is 0 Å². The number of carbonyl (C=O) groups is 1. The molecule has 0 spiro atoms. The Labute approximate surface area is 162 Å². The molecule has 1 aromatic carbocycles. The van der Waals surface area contributed by atoms with Crippen LogP contribution in [0.4, 0.5) is 17.5 Å². The lowest BCUT2D eigenvalue weighted by atomic mass is 10.2. The van der Waals surface area contributed by atoms with Gasteiger partial charge in [-0.3, -0.25) is 4.79 Å². The number of hydrogen-bond acceptors (Lipinski definition) is 8. The van der Waals surface area contributed by atoms with E-state index in [1.165, 1.54) is 6.33 Å². The van der Waals surface area contributed by atoms with Crippen molar-refractivity contribution in [3.8, 4) is 0 Å². The summed E-state index contributed by atoms with van der Waals surface area (Å²) in [5.74, 6) is 0.811. The summed E-state index contributed by atoms with van der Waals surface area (Å²) < 4.78 is 0. The van der Waals surface area contributed by atoms with Crippen LogP contribution in [0.3, 0.4) is 0 Å². The highest BCUT2D eigenvalue weighted by atomic mass is 16.3. The van der Waals surface area contributed by atoms with Crippen molar-refractivity contribution in [1.29, 1.82) is 0 Å². The Morgan fingerprint density at radius 1 is 1.25 bits per heavy atom. The van der Waals surface area contributed by atoms with Crippen LogP contribution in [-0.4, -0.2) is 50.1 Å². The summed E-state index contributed by atoms with van der Waals surface area (Å²) >= 11 is 0. The van der Waals surface area contributed by atoms with Crippen LogP contribution in [0.5, 0.6) is 0 Å². The molecule has 9 heteroatoms. The molecule has 2 aromatic heterocycles. The summed E-state index contributed by atoms with van der Waals surface area (Å²) in [7, 11) is 0. The van der Waals surface area contributed by atoms with Crippen LogP contribution in [0.15, 0.2) is 36.8 Å². The number of anilines is 3. The molecule has 1 atom stereocenters. The highest BCUT2D eigenvalue weighted by molar-refractivity contribution is 5.87. The zero-order valence-electron chi connectivity index (χ0n) is 15.8. The SMILES string of the molecule is Cc1cccc(Nc2ncnc3cnc(NC(C)CC(=O)NCCO)nc23)c1. The normalized spacial score (nSPS) is 11.8.